The predicted octanol–water partition coefficient (Wildman–Crippen LogP) is -4.41. The summed E-state index contributed by atoms with van der Waals surface area (Å²) in [6, 6.07) is 14.8. The van der Waals surface area contributed by atoms with E-state index in [2.05, 4.69) is 21.4 Å². The monoisotopic (exact) mass is 533 g/mol. The third-order valence-corrected chi connectivity index (χ3v) is 5.21. The zero-order chi connectivity index (χ0) is 23.1. The molecular weight excluding hydrogens is 511 g/mol. The Morgan fingerprint density at radius 3 is 2.32 bits per heavy atom. The van der Waals surface area contributed by atoms with Gasteiger partial charge in [0, 0.05) is 17.7 Å². The quantitative estimate of drug-likeness (QED) is 0.258. The molecule has 7 nitrogen and oxygen atoms in total. The number of aromatic amines is 1. The Hall–Kier alpha value is -2.72. The van der Waals surface area contributed by atoms with Crippen molar-refractivity contribution in [2.45, 2.75) is 25.6 Å². The highest BCUT2D eigenvalue weighted by molar-refractivity contribution is 6.29. The molecule has 3 aromatic rings. The fourth-order valence-electron chi connectivity index (χ4n) is 3.13. The van der Waals surface area contributed by atoms with E-state index in [4.69, 9.17) is 11.6 Å². The Morgan fingerprint density at radius 2 is 1.68 bits per heavy atom. The van der Waals surface area contributed by atoms with E-state index < -0.39 is 23.9 Å². The smallest absolute Gasteiger partial charge is 0.341 e. The van der Waals surface area contributed by atoms with Gasteiger partial charge in [-0.3, -0.25) is 19.5 Å². The van der Waals surface area contributed by atoms with Gasteiger partial charge in [-0.1, -0.05) is 66.2 Å². The molecule has 6 N–H and O–H groups in total. The van der Waals surface area contributed by atoms with Gasteiger partial charge in [-0.25, -0.2) is 4.98 Å². The van der Waals surface area contributed by atoms with Crippen LogP contribution in [0.3, 0.4) is 0 Å². The Morgan fingerprint density at radius 1 is 1.06 bits per heavy atom. The molecule has 0 unspecified atom stereocenters. The van der Waals surface area contributed by atoms with Crippen LogP contribution in [0.1, 0.15) is 16.7 Å². The van der Waals surface area contributed by atoms with E-state index in [0.717, 1.165) is 15.7 Å². The number of quaternary nitrogens is 1. The van der Waals surface area contributed by atoms with E-state index in [-0.39, 0.29) is 54.4 Å². The van der Waals surface area contributed by atoms with E-state index in [0.29, 0.717) is 6.54 Å². The first kappa shape index (κ1) is 29.3. The van der Waals surface area contributed by atoms with Crippen LogP contribution in [0.5, 0.6) is 0 Å². The number of amides is 1. The maximum Gasteiger partial charge on any atom is 0.341 e. The molecule has 0 bridgehead atoms. The van der Waals surface area contributed by atoms with Crippen LogP contribution in [0.15, 0.2) is 65.6 Å². The normalized spacial score (nSPS) is 10.6. The first-order valence-electron chi connectivity index (χ1n) is 9.93. The van der Waals surface area contributed by atoms with Crippen LogP contribution in [-0.4, -0.2) is 17.0 Å². The Labute approximate surface area is 212 Å². The van der Waals surface area contributed by atoms with Gasteiger partial charge in [0.05, 0.1) is 0 Å². The van der Waals surface area contributed by atoms with E-state index in [1.807, 2.05) is 24.3 Å². The van der Waals surface area contributed by atoms with Crippen LogP contribution >= 0.6 is 11.6 Å². The van der Waals surface area contributed by atoms with Crippen LogP contribution in [-0.2, 0) is 30.4 Å². The molecule has 0 atom stereocenters. The number of hydrogen-bond acceptors (Lipinski definition) is 3. The Balaban J connectivity index is 0.00000289. The summed E-state index contributed by atoms with van der Waals surface area (Å²) in [5.74, 6) is -3.84. The van der Waals surface area contributed by atoms with Crippen molar-refractivity contribution < 1.29 is 49.1 Å². The number of hydrogen-bond donors (Lipinski definition) is 3. The minimum Gasteiger partial charge on any atom is -1.00 e. The van der Waals surface area contributed by atoms with Gasteiger partial charge in [0.25, 0.3) is 0 Å². The summed E-state index contributed by atoms with van der Waals surface area (Å²) in [7, 11) is 0. The lowest BCUT2D eigenvalue weighted by Crippen LogP contribution is -3.00. The second kappa shape index (κ2) is 13.2. The van der Waals surface area contributed by atoms with Gasteiger partial charge in [-0.15, -0.1) is 0 Å². The SMILES string of the molecule is [Cl-].[Cl-].[NH3+]Cc1ccccc1CNC(=O)Cn1c(Cl)c[nH+]c(NCC(F)(F)c2ccccc2)c1=O. The molecule has 184 valence electrons. The topological polar surface area (TPSA) is 105 Å². The van der Waals surface area contributed by atoms with Crippen molar-refractivity contribution in [2.24, 2.45) is 0 Å². The summed E-state index contributed by atoms with van der Waals surface area (Å²) in [6.45, 7) is -0.320. The van der Waals surface area contributed by atoms with E-state index in [1.54, 1.807) is 6.07 Å². The number of anilines is 1. The molecule has 1 amide bonds. The Bertz CT molecular complexity index is 1150. The maximum atomic E-state index is 14.4. The molecule has 0 fully saturated rings. The van der Waals surface area contributed by atoms with Gasteiger partial charge in [0.2, 0.25) is 5.91 Å². The molecule has 0 aliphatic carbocycles. The highest BCUT2D eigenvalue weighted by Gasteiger charge is 2.34. The molecule has 0 radical (unpaired) electrons. The lowest BCUT2D eigenvalue weighted by molar-refractivity contribution is -0.386. The van der Waals surface area contributed by atoms with Crippen molar-refractivity contribution in [3.63, 3.8) is 0 Å². The average Bonchev–Trinajstić information content (AvgIpc) is 2.80. The fourth-order valence-corrected chi connectivity index (χ4v) is 3.32. The number of nitrogens with zero attached hydrogens (tertiary/aromatic N) is 1. The van der Waals surface area contributed by atoms with E-state index >= 15 is 0 Å². The van der Waals surface area contributed by atoms with Crippen molar-refractivity contribution in [3.05, 3.63) is 93.0 Å². The maximum absolute atomic E-state index is 14.4. The second-order valence-corrected chi connectivity index (χ2v) is 7.48. The largest absolute Gasteiger partial charge is 1.00 e. The minimum atomic E-state index is -3.20. The van der Waals surface area contributed by atoms with Crippen LogP contribution in [0.4, 0.5) is 14.6 Å². The molecule has 1 heterocycles. The zero-order valence-electron chi connectivity index (χ0n) is 18.0. The molecule has 0 saturated heterocycles. The molecule has 12 heteroatoms. The summed E-state index contributed by atoms with van der Waals surface area (Å²) in [5, 5.41) is 5.14. The third-order valence-electron chi connectivity index (χ3n) is 4.90. The summed E-state index contributed by atoms with van der Waals surface area (Å²) in [5.41, 5.74) is 4.89. The number of carbonyl (C=O) groups excluding carboxylic acids is 1. The lowest BCUT2D eigenvalue weighted by atomic mass is 10.1. The molecule has 1 aromatic heterocycles. The van der Waals surface area contributed by atoms with Gasteiger partial charge >= 0.3 is 17.3 Å². The highest BCUT2D eigenvalue weighted by atomic mass is 35.5. The van der Waals surface area contributed by atoms with Crippen LogP contribution in [0.25, 0.3) is 0 Å². The van der Waals surface area contributed by atoms with Crippen molar-refractivity contribution in [1.82, 2.24) is 9.88 Å². The summed E-state index contributed by atoms with van der Waals surface area (Å²) in [4.78, 5) is 27.7. The fraction of sp³-hybridized carbons (Fsp3) is 0.227. The third kappa shape index (κ3) is 7.39. The number of aromatic nitrogens is 2. The van der Waals surface area contributed by atoms with Crippen molar-refractivity contribution >= 4 is 23.3 Å². The van der Waals surface area contributed by atoms with Crippen molar-refractivity contribution in [1.29, 1.82) is 0 Å². The van der Waals surface area contributed by atoms with E-state index in [9.17, 15) is 18.4 Å². The number of H-pyrrole nitrogens is 1. The van der Waals surface area contributed by atoms with Crippen LogP contribution in [0, 0.1) is 0 Å². The molecular formula is C22H24Cl3F2N5O2. The summed E-state index contributed by atoms with van der Waals surface area (Å²) >= 11 is 6.06. The zero-order valence-corrected chi connectivity index (χ0v) is 20.2. The second-order valence-electron chi connectivity index (χ2n) is 7.10. The first-order valence-corrected chi connectivity index (χ1v) is 10.3. The molecule has 0 aliphatic rings. The highest BCUT2D eigenvalue weighted by Crippen LogP contribution is 2.27. The molecule has 0 spiro atoms. The minimum absolute atomic E-state index is 0. The van der Waals surface area contributed by atoms with Gasteiger partial charge in [0.1, 0.15) is 19.3 Å². The molecule has 3 rings (SSSR count). The van der Waals surface area contributed by atoms with Crippen molar-refractivity contribution in [3.8, 4) is 0 Å². The molecule has 2 aromatic carbocycles. The average molecular weight is 535 g/mol. The van der Waals surface area contributed by atoms with Gasteiger partial charge < -0.3 is 35.9 Å². The van der Waals surface area contributed by atoms with Gasteiger partial charge in [0.15, 0.2) is 11.7 Å². The molecule has 34 heavy (non-hydrogen) atoms. The number of halogens is 5. The Kier molecular flexibility index (Phi) is 11.4. The standard InChI is InChI=1S/C22H22ClF2N5O2.2ClH/c23-18-12-28-20(29-14-22(24,25)17-8-2-1-3-9-17)21(32)30(18)13-19(31)27-11-16-7-5-4-6-15(16)10-26;;/h1-9,12H,10-11,13-14,26H2,(H,27,31)(H,28,29);2*1H. The number of nitrogens with one attached hydrogen (secondary N) is 3. The number of rotatable bonds is 9. The molecule has 0 aliphatic heterocycles. The van der Waals surface area contributed by atoms with Crippen LogP contribution < -0.4 is 51.7 Å². The van der Waals surface area contributed by atoms with Crippen molar-refractivity contribution in [2.75, 3.05) is 11.9 Å². The van der Waals surface area contributed by atoms with E-state index in [1.165, 1.54) is 30.5 Å². The van der Waals surface area contributed by atoms with Gasteiger partial charge in [-0.2, -0.15) is 8.78 Å². The number of carbonyl (C=O) groups is 1. The van der Waals surface area contributed by atoms with Gasteiger partial charge in [-0.05, 0) is 5.56 Å². The number of alkyl halides is 2. The summed E-state index contributed by atoms with van der Waals surface area (Å²) < 4.78 is 29.8. The first-order chi connectivity index (χ1) is 15.3. The van der Waals surface area contributed by atoms with Crippen LogP contribution in [0.2, 0.25) is 5.15 Å². The predicted molar refractivity (Wildman–Crippen MR) is 116 cm³/mol. The summed E-state index contributed by atoms with van der Waals surface area (Å²) in [6.07, 6.45) is 1.26. The number of benzene rings is 2. The molecule has 0 saturated carbocycles. The lowest BCUT2D eigenvalue weighted by Gasteiger charge is -2.15.